The number of aromatic nitrogens is 2. The van der Waals surface area contributed by atoms with Crippen molar-refractivity contribution in [2.24, 2.45) is 0 Å². The maximum absolute atomic E-state index is 12.4. The molecule has 2 aromatic carbocycles. The lowest BCUT2D eigenvalue weighted by Crippen LogP contribution is -2.30. The summed E-state index contributed by atoms with van der Waals surface area (Å²) in [4.78, 5) is 26.7. The number of aromatic amines is 1. The summed E-state index contributed by atoms with van der Waals surface area (Å²) in [5.41, 5.74) is 0.702. The molecule has 0 bridgehead atoms. The van der Waals surface area contributed by atoms with Gasteiger partial charge in [-0.25, -0.2) is 4.79 Å². The molecule has 0 radical (unpaired) electrons. The molecule has 1 fully saturated rings. The molecule has 1 unspecified atom stereocenters. The quantitative estimate of drug-likeness (QED) is 0.621. The zero-order valence-corrected chi connectivity index (χ0v) is 16.1. The highest BCUT2D eigenvalue weighted by atomic mass is 16.7. The lowest BCUT2D eigenvalue weighted by atomic mass is 10.2. The first-order valence-electron chi connectivity index (χ1n) is 9.87. The molecule has 1 aromatic heterocycles. The monoisotopic (exact) mass is 396 g/mol. The SMILES string of the molecule is O=c1[nH]c(=O)n(Cc2cccc(OCCOC3CCCCO3)c2)c2ccccc12. The van der Waals surface area contributed by atoms with Crippen molar-refractivity contribution in [3.05, 3.63) is 74.9 Å². The standard InChI is InChI=1S/C22H24N2O5/c25-21-18-8-1-2-9-19(18)24(22(26)23-21)15-16-6-5-7-17(14-16)27-12-13-29-20-10-3-4-11-28-20/h1-2,5-9,14,20H,3-4,10-13,15H2,(H,23,25,26). The number of rotatable bonds is 7. The minimum atomic E-state index is -0.430. The fourth-order valence-corrected chi connectivity index (χ4v) is 3.50. The maximum atomic E-state index is 12.4. The Morgan fingerprint density at radius 3 is 2.83 bits per heavy atom. The summed E-state index contributed by atoms with van der Waals surface area (Å²) in [6, 6.07) is 14.6. The van der Waals surface area contributed by atoms with Gasteiger partial charge in [0.05, 0.1) is 24.1 Å². The van der Waals surface area contributed by atoms with Crippen LogP contribution in [0.15, 0.2) is 58.1 Å². The number of fused-ring (bicyclic) bond motifs is 1. The summed E-state index contributed by atoms with van der Waals surface area (Å²) in [7, 11) is 0. The normalized spacial score (nSPS) is 16.8. The minimum absolute atomic E-state index is 0.126. The minimum Gasteiger partial charge on any atom is -0.491 e. The van der Waals surface area contributed by atoms with E-state index in [1.54, 1.807) is 22.8 Å². The van der Waals surface area contributed by atoms with E-state index in [0.29, 0.717) is 36.4 Å². The highest BCUT2D eigenvalue weighted by molar-refractivity contribution is 5.77. The van der Waals surface area contributed by atoms with Gasteiger partial charge in [-0.3, -0.25) is 14.3 Å². The third-order valence-electron chi connectivity index (χ3n) is 4.94. The lowest BCUT2D eigenvalue weighted by Gasteiger charge is -2.22. The average molecular weight is 396 g/mol. The molecule has 1 N–H and O–H groups in total. The molecule has 7 nitrogen and oxygen atoms in total. The van der Waals surface area contributed by atoms with E-state index in [1.807, 2.05) is 30.3 Å². The molecule has 1 saturated heterocycles. The van der Waals surface area contributed by atoms with Gasteiger partial charge in [-0.1, -0.05) is 24.3 Å². The van der Waals surface area contributed by atoms with Crippen LogP contribution in [-0.4, -0.2) is 35.7 Å². The van der Waals surface area contributed by atoms with Gasteiger partial charge in [-0.15, -0.1) is 0 Å². The van der Waals surface area contributed by atoms with E-state index in [0.717, 1.165) is 31.4 Å². The van der Waals surface area contributed by atoms with Crippen molar-refractivity contribution < 1.29 is 14.2 Å². The molecule has 1 aliphatic heterocycles. The number of nitrogens with one attached hydrogen (secondary N) is 1. The number of hydrogen-bond donors (Lipinski definition) is 1. The molecule has 1 atom stereocenters. The van der Waals surface area contributed by atoms with Crippen LogP contribution in [0.2, 0.25) is 0 Å². The first kappa shape index (κ1) is 19.4. The summed E-state index contributed by atoms with van der Waals surface area (Å²) < 4.78 is 18.6. The Kier molecular flexibility index (Phi) is 6.07. The van der Waals surface area contributed by atoms with Crippen LogP contribution in [0.1, 0.15) is 24.8 Å². The van der Waals surface area contributed by atoms with E-state index in [2.05, 4.69) is 4.98 Å². The van der Waals surface area contributed by atoms with E-state index in [4.69, 9.17) is 14.2 Å². The van der Waals surface area contributed by atoms with Crippen LogP contribution < -0.4 is 16.0 Å². The molecule has 2 heterocycles. The smallest absolute Gasteiger partial charge is 0.329 e. The maximum Gasteiger partial charge on any atom is 0.329 e. The highest BCUT2D eigenvalue weighted by Gasteiger charge is 2.13. The molecular weight excluding hydrogens is 372 g/mol. The van der Waals surface area contributed by atoms with Crippen molar-refractivity contribution in [2.45, 2.75) is 32.1 Å². The van der Waals surface area contributed by atoms with Gasteiger partial charge in [0, 0.05) is 6.61 Å². The molecule has 0 saturated carbocycles. The summed E-state index contributed by atoms with van der Waals surface area (Å²) in [5, 5.41) is 0.488. The summed E-state index contributed by atoms with van der Waals surface area (Å²) in [6.07, 6.45) is 3.03. The van der Waals surface area contributed by atoms with Crippen LogP contribution >= 0.6 is 0 Å². The summed E-state index contributed by atoms with van der Waals surface area (Å²) in [5.74, 6) is 0.706. The van der Waals surface area contributed by atoms with Gasteiger partial charge < -0.3 is 14.2 Å². The Bertz CT molecular complexity index is 1080. The van der Waals surface area contributed by atoms with Crippen molar-refractivity contribution in [2.75, 3.05) is 19.8 Å². The zero-order chi connectivity index (χ0) is 20.1. The number of hydrogen-bond acceptors (Lipinski definition) is 5. The van der Waals surface area contributed by atoms with Crippen molar-refractivity contribution in [1.29, 1.82) is 0 Å². The molecular formula is C22H24N2O5. The predicted molar refractivity (Wildman–Crippen MR) is 109 cm³/mol. The van der Waals surface area contributed by atoms with Crippen molar-refractivity contribution in [1.82, 2.24) is 9.55 Å². The predicted octanol–water partition coefficient (Wildman–Crippen LogP) is 2.66. The second kappa shape index (κ2) is 9.07. The first-order chi connectivity index (χ1) is 14.2. The Morgan fingerprint density at radius 2 is 1.97 bits per heavy atom. The molecule has 3 aromatic rings. The third kappa shape index (κ3) is 4.75. The molecule has 1 aliphatic rings. The molecule has 4 rings (SSSR count). The van der Waals surface area contributed by atoms with E-state index < -0.39 is 5.69 Å². The average Bonchev–Trinajstić information content (AvgIpc) is 2.75. The molecule has 152 valence electrons. The lowest BCUT2D eigenvalue weighted by molar-refractivity contribution is -0.165. The number of para-hydroxylation sites is 1. The second-order valence-corrected chi connectivity index (χ2v) is 7.03. The number of H-pyrrole nitrogens is 1. The van der Waals surface area contributed by atoms with Crippen molar-refractivity contribution in [3.8, 4) is 5.75 Å². The molecule has 0 amide bonds. The Hall–Kier alpha value is -2.90. The zero-order valence-electron chi connectivity index (χ0n) is 16.1. The largest absolute Gasteiger partial charge is 0.491 e. The van der Waals surface area contributed by atoms with Gasteiger partial charge in [0.1, 0.15) is 12.4 Å². The van der Waals surface area contributed by atoms with E-state index >= 15 is 0 Å². The van der Waals surface area contributed by atoms with Crippen LogP contribution in [0.3, 0.4) is 0 Å². The fourth-order valence-electron chi connectivity index (χ4n) is 3.50. The van der Waals surface area contributed by atoms with E-state index in [9.17, 15) is 9.59 Å². The van der Waals surface area contributed by atoms with Crippen LogP contribution in [0.25, 0.3) is 10.9 Å². The van der Waals surface area contributed by atoms with Gasteiger partial charge in [0.25, 0.3) is 5.56 Å². The van der Waals surface area contributed by atoms with Gasteiger partial charge in [-0.2, -0.15) is 0 Å². The number of benzene rings is 2. The third-order valence-corrected chi connectivity index (χ3v) is 4.94. The summed E-state index contributed by atoms with van der Waals surface area (Å²) in [6.45, 7) is 1.97. The van der Waals surface area contributed by atoms with Crippen molar-refractivity contribution >= 4 is 10.9 Å². The summed E-state index contributed by atoms with van der Waals surface area (Å²) >= 11 is 0. The van der Waals surface area contributed by atoms with Gasteiger partial charge >= 0.3 is 5.69 Å². The topological polar surface area (TPSA) is 82.6 Å². The van der Waals surface area contributed by atoms with E-state index in [-0.39, 0.29) is 11.8 Å². The Labute approximate surface area is 167 Å². The number of nitrogens with zero attached hydrogens (tertiary/aromatic N) is 1. The van der Waals surface area contributed by atoms with E-state index in [1.165, 1.54) is 0 Å². The Morgan fingerprint density at radius 1 is 1.07 bits per heavy atom. The molecule has 29 heavy (non-hydrogen) atoms. The van der Waals surface area contributed by atoms with Crippen LogP contribution in [0, 0.1) is 0 Å². The van der Waals surface area contributed by atoms with Crippen LogP contribution in [0.5, 0.6) is 5.75 Å². The second-order valence-electron chi connectivity index (χ2n) is 7.03. The van der Waals surface area contributed by atoms with Gasteiger partial charge in [0.15, 0.2) is 6.29 Å². The van der Waals surface area contributed by atoms with Crippen LogP contribution in [-0.2, 0) is 16.0 Å². The first-order valence-corrected chi connectivity index (χ1v) is 9.87. The van der Waals surface area contributed by atoms with Crippen LogP contribution in [0.4, 0.5) is 0 Å². The fraction of sp³-hybridized carbons (Fsp3) is 0.364. The van der Waals surface area contributed by atoms with Crippen molar-refractivity contribution in [3.63, 3.8) is 0 Å². The molecule has 7 heteroatoms. The molecule has 0 aliphatic carbocycles. The molecule has 0 spiro atoms. The Balaban J connectivity index is 1.42. The van der Waals surface area contributed by atoms with Gasteiger partial charge in [-0.05, 0) is 49.1 Å². The van der Waals surface area contributed by atoms with Gasteiger partial charge in [0.2, 0.25) is 0 Å². The number of ether oxygens (including phenoxy) is 3. The highest BCUT2D eigenvalue weighted by Crippen LogP contribution is 2.17.